The normalized spacial score (nSPS) is 18.1. The highest BCUT2D eigenvalue weighted by molar-refractivity contribution is 9.10. The van der Waals surface area contributed by atoms with Crippen LogP contribution in [0.5, 0.6) is 5.75 Å². The topological polar surface area (TPSA) is 66.8 Å². The second kappa shape index (κ2) is 6.26. The van der Waals surface area contributed by atoms with Gasteiger partial charge in [0.1, 0.15) is 11.8 Å². The van der Waals surface area contributed by atoms with Crippen LogP contribution in [0.15, 0.2) is 22.7 Å². The maximum Gasteiger partial charge on any atom is 0.326 e. The number of carbonyl (C=O) groups is 2. The molecular formula is C14H16BrNO4. The number of carboxylic acid groups (broad SMARTS) is 1. The molecule has 1 aliphatic heterocycles. The third kappa shape index (κ3) is 3.12. The second-order valence-corrected chi connectivity index (χ2v) is 5.63. The number of benzene rings is 1. The molecule has 1 N–H and O–H groups in total. The molecule has 1 atom stereocenters. The molecule has 6 heteroatoms. The first-order chi connectivity index (χ1) is 9.52. The number of likely N-dealkylation sites (tertiary alicyclic amines) is 1. The van der Waals surface area contributed by atoms with Crippen molar-refractivity contribution in [2.75, 3.05) is 13.7 Å². The van der Waals surface area contributed by atoms with Crippen LogP contribution in [0, 0.1) is 0 Å². The van der Waals surface area contributed by atoms with Crippen molar-refractivity contribution in [3.8, 4) is 5.75 Å². The Bertz CT molecular complexity index is 532. The molecule has 1 unspecified atom stereocenters. The summed E-state index contributed by atoms with van der Waals surface area (Å²) in [6.07, 6.45) is 1.40. The van der Waals surface area contributed by atoms with E-state index in [-0.39, 0.29) is 12.3 Å². The highest BCUT2D eigenvalue weighted by Gasteiger charge is 2.33. The third-order valence-corrected chi connectivity index (χ3v) is 3.94. The largest absolute Gasteiger partial charge is 0.496 e. The maximum atomic E-state index is 12.3. The quantitative estimate of drug-likeness (QED) is 0.910. The molecule has 0 spiro atoms. The zero-order valence-corrected chi connectivity index (χ0v) is 12.7. The molecule has 5 nitrogen and oxygen atoms in total. The van der Waals surface area contributed by atoms with Crippen molar-refractivity contribution in [2.45, 2.75) is 25.3 Å². The lowest BCUT2D eigenvalue weighted by molar-refractivity contribution is -0.148. The van der Waals surface area contributed by atoms with Gasteiger partial charge >= 0.3 is 5.97 Å². The fourth-order valence-electron chi connectivity index (χ4n) is 2.47. The fraction of sp³-hybridized carbons (Fsp3) is 0.429. The first-order valence-electron chi connectivity index (χ1n) is 6.37. The Balaban J connectivity index is 2.15. The number of hydrogen-bond donors (Lipinski definition) is 1. The average Bonchev–Trinajstić information content (AvgIpc) is 2.88. The number of hydrogen-bond acceptors (Lipinski definition) is 3. The van der Waals surface area contributed by atoms with E-state index in [1.807, 2.05) is 12.1 Å². The molecule has 0 aromatic heterocycles. The highest BCUT2D eigenvalue weighted by Crippen LogP contribution is 2.25. The summed E-state index contributed by atoms with van der Waals surface area (Å²) in [6, 6.07) is 4.75. The van der Waals surface area contributed by atoms with Gasteiger partial charge in [-0.05, 0) is 31.0 Å². The van der Waals surface area contributed by atoms with Crippen molar-refractivity contribution >= 4 is 27.8 Å². The van der Waals surface area contributed by atoms with Gasteiger partial charge in [-0.2, -0.15) is 0 Å². The van der Waals surface area contributed by atoms with E-state index >= 15 is 0 Å². The van der Waals surface area contributed by atoms with Crippen LogP contribution in [0.2, 0.25) is 0 Å². The lowest BCUT2D eigenvalue weighted by atomic mass is 10.1. The van der Waals surface area contributed by atoms with E-state index in [1.54, 1.807) is 13.2 Å². The standard InChI is InChI=1S/C14H16BrNO4/c1-20-12-5-4-10(15)7-9(12)8-13(17)16-6-2-3-11(16)14(18)19/h4-5,7,11H,2-3,6,8H2,1H3,(H,18,19). The smallest absolute Gasteiger partial charge is 0.326 e. The Labute approximate surface area is 125 Å². The van der Waals surface area contributed by atoms with E-state index in [0.29, 0.717) is 18.7 Å². The molecule has 20 heavy (non-hydrogen) atoms. The number of carbonyl (C=O) groups excluding carboxylic acids is 1. The minimum atomic E-state index is -0.933. The lowest BCUT2D eigenvalue weighted by Gasteiger charge is -2.22. The summed E-state index contributed by atoms with van der Waals surface area (Å²) in [5.41, 5.74) is 0.753. The minimum Gasteiger partial charge on any atom is -0.496 e. The van der Waals surface area contributed by atoms with Crippen LogP contribution in [0.1, 0.15) is 18.4 Å². The molecule has 1 amide bonds. The maximum absolute atomic E-state index is 12.3. The first-order valence-corrected chi connectivity index (χ1v) is 7.17. The molecule has 1 aliphatic rings. The fourth-order valence-corrected chi connectivity index (χ4v) is 2.88. The summed E-state index contributed by atoms with van der Waals surface area (Å²) in [4.78, 5) is 24.9. The molecule has 2 rings (SSSR count). The van der Waals surface area contributed by atoms with E-state index in [4.69, 9.17) is 9.84 Å². The zero-order valence-electron chi connectivity index (χ0n) is 11.1. The minimum absolute atomic E-state index is 0.145. The summed E-state index contributed by atoms with van der Waals surface area (Å²) in [5, 5.41) is 9.12. The molecule has 0 bridgehead atoms. The van der Waals surface area contributed by atoms with E-state index in [1.165, 1.54) is 4.90 Å². The summed E-state index contributed by atoms with van der Waals surface area (Å²) >= 11 is 3.36. The van der Waals surface area contributed by atoms with E-state index in [2.05, 4.69) is 15.9 Å². The van der Waals surface area contributed by atoms with Crippen LogP contribution in [0.3, 0.4) is 0 Å². The highest BCUT2D eigenvalue weighted by atomic mass is 79.9. The van der Waals surface area contributed by atoms with Crippen LogP contribution in [0.4, 0.5) is 0 Å². The number of methoxy groups -OCH3 is 1. The van der Waals surface area contributed by atoms with Crippen molar-refractivity contribution in [2.24, 2.45) is 0 Å². The molecule has 108 valence electrons. The summed E-state index contributed by atoms with van der Waals surface area (Å²) in [7, 11) is 1.55. The number of nitrogens with zero attached hydrogens (tertiary/aromatic N) is 1. The number of aliphatic carboxylic acids is 1. The van der Waals surface area contributed by atoms with Crippen LogP contribution in [-0.2, 0) is 16.0 Å². The monoisotopic (exact) mass is 341 g/mol. The molecule has 1 fully saturated rings. The zero-order chi connectivity index (χ0) is 14.7. The van der Waals surface area contributed by atoms with Gasteiger partial charge in [0.2, 0.25) is 5.91 Å². The Kier molecular flexibility index (Phi) is 4.65. The molecule has 0 saturated carbocycles. The summed E-state index contributed by atoms with van der Waals surface area (Å²) in [6.45, 7) is 0.506. The van der Waals surface area contributed by atoms with Gasteiger partial charge in [0.25, 0.3) is 0 Å². The third-order valence-electron chi connectivity index (χ3n) is 3.44. The lowest BCUT2D eigenvalue weighted by Crippen LogP contribution is -2.41. The van der Waals surface area contributed by atoms with Gasteiger partial charge in [0.15, 0.2) is 0 Å². The van der Waals surface area contributed by atoms with Crippen LogP contribution in [0.25, 0.3) is 0 Å². The van der Waals surface area contributed by atoms with E-state index in [0.717, 1.165) is 16.5 Å². The predicted octanol–water partition coefficient (Wildman–Crippen LogP) is 2.08. The van der Waals surface area contributed by atoms with Gasteiger partial charge in [-0.1, -0.05) is 15.9 Å². The molecule has 0 aliphatic carbocycles. The molecular weight excluding hydrogens is 326 g/mol. The Morgan fingerprint density at radius 2 is 2.25 bits per heavy atom. The van der Waals surface area contributed by atoms with Gasteiger partial charge in [-0.3, -0.25) is 4.79 Å². The summed E-state index contributed by atoms with van der Waals surface area (Å²) < 4.78 is 6.09. The SMILES string of the molecule is COc1ccc(Br)cc1CC(=O)N1CCCC1C(=O)O. The predicted molar refractivity (Wildman–Crippen MR) is 76.8 cm³/mol. The van der Waals surface area contributed by atoms with Crippen molar-refractivity contribution in [1.29, 1.82) is 0 Å². The van der Waals surface area contributed by atoms with Crippen LogP contribution < -0.4 is 4.74 Å². The molecule has 0 radical (unpaired) electrons. The molecule has 1 aromatic carbocycles. The van der Waals surface area contributed by atoms with Crippen molar-refractivity contribution in [3.05, 3.63) is 28.2 Å². The molecule has 1 heterocycles. The van der Waals surface area contributed by atoms with Gasteiger partial charge in [0, 0.05) is 16.6 Å². The van der Waals surface area contributed by atoms with Crippen molar-refractivity contribution < 1.29 is 19.4 Å². The van der Waals surface area contributed by atoms with Gasteiger partial charge < -0.3 is 14.7 Å². The number of ether oxygens (including phenoxy) is 1. The molecule has 1 aromatic rings. The first kappa shape index (κ1) is 14.8. The van der Waals surface area contributed by atoms with Crippen molar-refractivity contribution in [3.63, 3.8) is 0 Å². The van der Waals surface area contributed by atoms with E-state index < -0.39 is 12.0 Å². The van der Waals surface area contributed by atoms with Crippen molar-refractivity contribution in [1.82, 2.24) is 4.90 Å². The number of halogens is 1. The van der Waals surface area contributed by atoms with E-state index in [9.17, 15) is 9.59 Å². The van der Waals surface area contributed by atoms with Crippen LogP contribution in [-0.4, -0.2) is 41.6 Å². The summed E-state index contributed by atoms with van der Waals surface area (Å²) in [5.74, 6) is -0.476. The Morgan fingerprint density at radius 1 is 1.50 bits per heavy atom. The van der Waals surface area contributed by atoms with Gasteiger partial charge in [-0.25, -0.2) is 4.79 Å². The van der Waals surface area contributed by atoms with Gasteiger partial charge in [-0.15, -0.1) is 0 Å². The van der Waals surface area contributed by atoms with Crippen LogP contribution >= 0.6 is 15.9 Å². The van der Waals surface area contributed by atoms with Gasteiger partial charge in [0.05, 0.1) is 13.5 Å². The number of amides is 1. The second-order valence-electron chi connectivity index (χ2n) is 4.72. The number of carboxylic acids is 1. The average molecular weight is 342 g/mol. The Hall–Kier alpha value is -1.56. The Morgan fingerprint density at radius 3 is 2.90 bits per heavy atom. The number of rotatable bonds is 4. The molecule has 1 saturated heterocycles.